The molecule has 2 rings (SSSR count). The van der Waals surface area contributed by atoms with Crippen LogP contribution in [0, 0.1) is 0 Å². The Morgan fingerprint density at radius 1 is 1.73 bits per heavy atom. The lowest BCUT2D eigenvalue weighted by atomic mass is 10.1. The van der Waals surface area contributed by atoms with Crippen molar-refractivity contribution in [3.8, 4) is 0 Å². The van der Waals surface area contributed by atoms with Crippen LogP contribution < -0.4 is 0 Å². The summed E-state index contributed by atoms with van der Waals surface area (Å²) in [5, 5.41) is 5.74. The van der Waals surface area contributed by atoms with Gasteiger partial charge >= 0.3 is 0 Å². The topological polar surface area (TPSA) is 46.1 Å². The van der Waals surface area contributed by atoms with Gasteiger partial charge in [0.25, 0.3) is 0 Å². The van der Waals surface area contributed by atoms with E-state index in [2.05, 4.69) is 14.5 Å². The molecule has 1 aromatic rings. The van der Waals surface area contributed by atoms with E-state index in [1.807, 2.05) is 24.2 Å². The maximum atomic E-state index is 12.0. The third kappa shape index (κ3) is 2.76. The normalized spacial score (nSPS) is 22.9. The van der Waals surface area contributed by atoms with E-state index >= 15 is 0 Å². The number of carbonyl (C=O) groups excluding carboxylic acids is 1. The summed E-state index contributed by atoms with van der Waals surface area (Å²) in [6.45, 7) is 0.996. The number of nitrogens with zero attached hydrogens (tertiary/aromatic N) is 3. The fourth-order valence-corrected chi connectivity index (χ4v) is 3.28. The van der Waals surface area contributed by atoms with E-state index < -0.39 is 0 Å². The van der Waals surface area contributed by atoms with Gasteiger partial charge in [-0.05, 0) is 18.6 Å². The first-order valence-corrected chi connectivity index (χ1v) is 6.83. The minimum atomic E-state index is 0.0606. The molecule has 0 aromatic carbocycles. The van der Waals surface area contributed by atoms with Crippen LogP contribution in [0.4, 0.5) is 0 Å². The van der Waals surface area contributed by atoms with Crippen molar-refractivity contribution in [2.75, 3.05) is 25.1 Å². The fourth-order valence-electron chi connectivity index (χ4n) is 1.58. The van der Waals surface area contributed by atoms with Crippen molar-refractivity contribution >= 4 is 29.1 Å². The molecule has 1 aliphatic rings. The predicted molar refractivity (Wildman–Crippen MR) is 62.4 cm³/mol. The van der Waals surface area contributed by atoms with Gasteiger partial charge in [0.05, 0.1) is 18.2 Å². The summed E-state index contributed by atoms with van der Waals surface area (Å²) < 4.78 is 3.76. The second kappa shape index (κ2) is 5.05. The van der Waals surface area contributed by atoms with Gasteiger partial charge in [0, 0.05) is 23.4 Å². The van der Waals surface area contributed by atoms with E-state index in [1.54, 1.807) is 0 Å². The number of Topliss-reactive ketones (excluding diaryl/α,β-unsaturated/α-hetero) is 1. The number of likely N-dealkylation sites (N-methyl/N-ethyl adjacent to an activating group) is 1. The van der Waals surface area contributed by atoms with Crippen molar-refractivity contribution < 1.29 is 4.79 Å². The van der Waals surface area contributed by atoms with Crippen LogP contribution in [0.15, 0.2) is 5.38 Å². The maximum Gasteiger partial charge on any atom is 0.156 e. The minimum Gasteiger partial charge on any atom is -0.297 e. The molecule has 6 heteroatoms. The standard InChI is InChI=1S/C9H13N3OS2/c1-12-2-3-14-6-8(12)9(13)4-7-5-15-11-10-7/h5,8H,2-4,6H2,1H3. The van der Waals surface area contributed by atoms with Crippen molar-refractivity contribution in [1.82, 2.24) is 14.5 Å². The third-order valence-electron chi connectivity index (χ3n) is 2.53. The lowest BCUT2D eigenvalue weighted by molar-refractivity contribution is -0.122. The zero-order valence-corrected chi connectivity index (χ0v) is 10.2. The molecule has 4 nitrogen and oxygen atoms in total. The Labute approximate surface area is 97.2 Å². The highest BCUT2D eigenvalue weighted by Crippen LogP contribution is 2.16. The van der Waals surface area contributed by atoms with E-state index in [-0.39, 0.29) is 11.8 Å². The van der Waals surface area contributed by atoms with Gasteiger partial charge in [0.1, 0.15) is 0 Å². The monoisotopic (exact) mass is 243 g/mol. The number of thioether (sulfide) groups is 1. The highest BCUT2D eigenvalue weighted by Gasteiger charge is 2.26. The number of hydrogen-bond donors (Lipinski definition) is 0. The van der Waals surface area contributed by atoms with Gasteiger partial charge < -0.3 is 0 Å². The number of carbonyl (C=O) groups is 1. The molecule has 1 unspecified atom stereocenters. The SMILES string of the molecule is CN1CCSCC1C(=O)Cc1csnn1. The molecular formula is C9H13N3OS2. The van der Waals surface area contributed by atoms with Crippen LogP contribution in [0.25, 0.3) is 0 Å². The Kier molecular flexibility index (Phi) is 3.71. The molecule has 82 valence electrons. The van der Waals surface area contributed by atoms with Gasteiger partial charge in [-0.15, -0.1) is 5.10 Å². The molecule has 0 N–H and O–H groups in total. The van der Waals surface area contributed by atoms with Gasteiger partial charge in [-0.1, -0.05) is 4.49 Å². The highest BCUT2D eigenvalue weighted by molar-refractivity contribution is 7.99. The quantitative estimate of drug-likeness (QED) is 0.782. The number of aromatic nitrogens is 2. The largest absolute Gasteiger partial charge is 0.297 e. The Hall–Kier alpha value is -0.460. The van der Waals surface area contributed by atoms with E-state index in [0.717, 1.165) is 23.7 Å². The van der Waals surface area contributed by atoms with E-state index in [9.17, 15) is 4.79 Å². The molecule has 1 aromatic heterocycles. The molecule has 1 fully saturated rings. The Morgan fingerprint density at radius 2 is 2.60 bits per heavy atom. The summed E-state index contributed by atoms with van der Waals surface area (Å²) >= 11 is 3.15. The summed E-state index contributed by atoms with van der Waals surface area (Å²) in [5.74, 6) is 2.29. The Bertz CT molecular complexity index is 328. The summed E-state index contributed by atoms with van der Waals surface area (Å²) in [6.07, 6.45) is 0.423. The van der Waals surface area contributed by atoms with Crippen molar-refractivity contribution in [2.45, 2.75) is 12.5 Å². The third-order valence-corrected chi connectivity index (χ3v) is 4.10. The first-order chi connectivity index (χ1) is 7.27. The van der Waals surface area contributed by atoms with Gasteiger partial charge in [0.15, 0.2) is 5.78 Å². The molecule has 15 heavy (non-hydrogen) atoms. The van der Waals surface area contributed by atoms with Crippen LogP contribution in [-0.2, 0) is 11.2 Å². The lowest BCUT2D eigenvalue weighted by Gasteiger charge is -2.30. The molecule has 0 aliphatic carbocycles. The molecule has 1 saturated heterocycles. The second-order valence-electron chi connectivity index (χ2n) is 3.61. The molecule has 1 aliphatic heterocycles. The van der Waals surface area contributed by atoms with Crippen molar-refractivity contribution in [3.05, 3.63) is 11.1 Å². The van der Waals surface area contributed by atoms with Gasteiger partial charge in [0.2, 0.25) is 0 Å². The Balaban J connectivity index is 1.95. The number of rotatable bonds is 3. The minimum absolute atomic E-state index is 0.0606. The average molecular weight is 243 g/mol. The van der Waals surface area contributed by atoms with Crippen LogP contribution in [0.3, 0.4) is 0 Å². The first kappa shape index (κ1) is 11.0. The maximum absolute atomic E-state index is 12.0. The van der Waals surface area contributed by atoms with Gasteiger partial charge in [-0.2, -0.15) is 11.8 Å². The fraction of sp³-hybridized carbons (Fsp3) is 0.667. The van der Waals surface area contributed by atoms with Crippen LogP contribution in [0.5, 0.6) is 0 Å². The lowest BCUT2D eigenvalue weighted by Crippen LogP contribution is -2.45. The zero-order valence-electron chi connectivity index (χ0n) is 8.55. The molecule has 0 amide bonds. The van der Waals surface area contributed by atoms with E-state index in [4.69, 9.17) is 0 Å². The van der Waals surface area contributed by atoms with Crippen LogP contribution in [0.2, 0.25) is 0 Å². The van der Waals surface area contributed by atoms with E-state index in [1.165, 1.54) is 11.5 Å². The van der Waals surface area contributed by atoms with Crippen molar-refractivity contribution in [1.29, 1.82) is 0 Å². The van der Waals surface area contributed by atoms with E-state index in [0.29, 0.717) is 6.42 Å². The van der Waals surface area contributed by atoms with Crippen molar-refractivity contribution in [2.24, 2.45) is 0 Å². The number of ketones is 1. The molecule has 1 atom stereocenters. The smallest absolute Gasteiger partial charge is 0.156 e. The van der Waals surface area contributed by atoms with Crippen LogP contribution in [-0.4, -0.2) is 51.4 Å². The summed E-state index contributed by atoms with van der Waals surface area (Å²) in [6, 6.07) is 0.0606. The first-order valence-electron chi connectivity index (χ1n) is 4.84. The molecular weight excluding hydrogens is 230 g/mol. The Morgan fingerprint density at radius 3 is 3.27 bits per heavy atom. The molecule has 2 heterocycles. The average Bonchev–Trinajstić information content (AvgIpc) is 2.71. The molecule has 0 spiro atoms. The van der Waals surface area contributed by atoms with Crippen LogP contribution in [0.1, 0.15) is 5.69 Å². The summed E-state index contributed by atoms with van der Waals surface area (Å²) in [4.78, 5) is 14.1. The van der Waals surface area contributed by atoms with Crippen molar-refractivity contribution in [3.63, 3.8) is 0 Å². The van der Waals surface area contributed by atoms with Gasteiger partial charge in [-0.3, -0.25) is 9.69 Å². The zero-order chi connectivity index (χ0) is 10.7. The summed E-state index contributed by atoms with van der Waals surface area (Å²) in [7, 11) is 2.02. The molecule has 0 saturated carbocycles. The molecule has 0 bridgehead atoms. The summed E-state index contributed by atoms with van der Waals surface area (Å²) in [5.41, 5.74) is 0.800. The highest BCUT2D eigenvalue weighted by atomic mass is 32.2. The number of hydrogen-bond acceptors (Lipinski definition) is 6. The molecule has 0 radical (unpaired) electrons. The second-order valence-corrected chi connectivity index (χ2v) is 5.37. The predicted octanol–water partition coefficient (Wildman–Crippen LogP) is 0.697. The van der Waals surface area contributed by atoms with Crippen LogP contribution >= 0.6 is 23.3 Å². The van der Waals surface area contributed by atoms with Gasteiger partial charge in [-0.25, -0.2) is 0 Å².